The van der Waals surface area contributed by atoms with Crippen molar-refractivity contribution in [2.45, 2.75) is 31.0 Å². The number of sulfonamides is 1. The van der Waals surface area contributed by atoms with Crippen LogP contribution in [0.5, 0.6) is 0 Å². The third-order valence-electron chi connectivity index (χ3n) is 5.12. The number of aromatic nitrogens is 2. The molecule has 2 aromatic heterocycles. The fourth-order valence-electron chi connectivity index (χ4n) is 3.38. The lowest BCUT2D eigenvalue weighted by Crippen LogP contribution is -2.42. The minimum atomic E-state index is -4.70. The van der Waals surface area contributed by atoms with Gasteiger partial charge in [-0.15, -0.1) is 0 Å². The van der Waals surface area contributed by atoms with Crippen LogP contribution in [0.2, 0.25) is 0 Å². The van der Waals surface area contributed by atoms with Gasteiger partial charge < -0.3 is 0 Å². The number of aryl methyl sites for hydroxylation is 1. The van der Waals surface area contributed by atoms with Crippen LogP contribution in [0.25, 0.3) is 28.0 Å². The molecule has 0 saturated heterocycles. The molecular weight excluding hydrogens is 441 g/mol. The first-order chi connectivity index (χ1) is 15.0. The fourth-order valence-corrected chi connectivity index (χ4v) is 4.61. The molecule has 1 aromatic carbocycles. The van der Waals surface area contributed by atoms with Gasteiger partial charge in [0.2, 0.25) is 10.0 Å². The zero-order valence-electron chi connectivity index (χ0n) is 17.0. The molecule has 6 nitrogen and oxygen atoms in total. The molecule has 1 N–H and O–H groups in total. The molecule has 0 saturated carbocycles. The van der Waals surface area contributed by atoms with Gasteiger partial charge in [0.05, 0.1) is 16.2 Å². The topological polar surface area (TPSA) is 87.8 Å². The van der Waals surface area contributed by atoms with Crippen LogP contribution in [0.4, 0.5) is 13.2 Å². The Bertz CT molecular complexity index is 1430. The Morgan fingerprint density at radius 2 is 1.81 bits per heavy atom. The van der Waals surface area contributed by atoms with Crippen molar-refractivity contribution in [3.8, 4) is 17.3 Å². The maximum Gasteiger partial charge on any atom is 0.404 e. The molecule has 3 aromatic rings. The summed E-state index contributed by atoms with van der Waals surface area (Å²) in [6.07, 6.45) is 0.853. The number of alkyl halides is 3. The second kappa shape index (κ2) is 7.62. The summed E-state index contributed by atoms with van der Waals surface area (Å²) >= 11 is 0. The van der Waals surface area contributed by atoms with E-state index in [1.165, 1.54) is 24.3 Å². The minimum absolute atomic E-state index is 0.310. The van der Waals surface area contributed by atoms with Gasteiger partial charge in [-0.3, -0.25) is 4.57 Å². The van der Waals surface area contributed by atoms with Gasteiger partial charge >= 0.3 is 6.18 Å². The molecule has 32 heavy (non-hydrogen) atoms. The number of hydrogen-bond donors (Lipinski definition) is 1. The predicted molar refractivity (Wildman–Crippen MR) is 114 cm³/mol. The second-order valence-corrected chi connectivity index (χ2v) is 9.07. The number of benzene rings is 1. The maximum atomic E-state index is 12.8. The van der Waals surface area contributed by atoms with Crippen molar-refractivity contribution in [3.05, 3.63) is 65.9 Å². The summed E-state index contributed by atoms with van der Waals surface area (Å²) in [6, 6.07) is 8.94. The van der Waals surface area contributed by atoms with Crippen LogP contribution in [-0.4, -0.2) is 30.2 Å². The first kappa shape index (κ1) is 21.8. The third-order valence-corrected chi connectivity index (χ3v) is 6.68. The van der Waals surface area contributed by atoms with Crippen LogP contribution in [0.15, 0.2) is 59.5 Å². The van der Waals surface area contributed by atoms with Gasteiger partial charge in [0.1, 0.15) is 17.8 Å². The van der Waals surface area contributed by atoms with Gasteiger partial charge in [-0.2, -0.15) is 23.2 Å². The molecule has 1 atom stereocenters. The normalized spacial score (nSPS) is 14.7. The number of pyridine rings is 1. The minimum Gasteiger partial charge on any atom is -0.293 e. The molecule has 1 aliphatic carbocycles. The Hall–Kier alpha value is -3.42. The molecule has 0 unspecified atom stereocenters. The lowest BCUT2D eigenvalue weighted by Gasteiger charge is -2.18. The predicted octanol–water partition coefficient (Wildman–Crippen LogP) is 4.52. The number of allylic oxidation sites excluding steroid dienone is 4. The number of nitriles is 1. The molecule has 4 rings (SSSR count). The summed E-state index contributed by atoms with van der Waals surface area (Å²) in [5.74, 6) is 0. The number of rotatable bonds is 5. The third kappa shape index (κ3) is 3.70. The molecule has 0 spiro atoms. The van der Waals surface area contributed by atoms with Gasteiger partial charge in [-0.25, -0.2) is 13.4 Å². The van der Waals surface area contributed by atoms with E-state index >= 15 is 0 Å². The summed E-state index contributed by atoms with van der Waals surface area (Å²) in [4.78, 5) is 4.26. The van der Waals surface area contributed by atoms with Gasteiger partial charge in [-0.05, 0) is 50.3 Å². The lowest BCUT2D eigenvalue weighted by molar-refractivity contribution is -0.147. The van der Waals surface area contributed by atoms with E-state index in [4.69, 9.17) is 0 Å². The van der Waals surface area contributed by atoms with E-state index in [9.17, 15) is 26.9 Å². The highest BCUT2D eigenvalue weighted by atomic mass is 32.2. The standard InChI is InChI=1S/C22H17F3N4O2S/c1-13-6-11-18-19(12-26)20(29(21(18)27-13)16-4-3-5-16)15-7-9-17(10-8-15)32(30,31)28-14(2)22(23,24)25/h3-11,14,28H,1-2H3/t14-/m0/s1. The molecule has 164 valence electrons. The molecule has 2 heterocycles. The van der Waals surface area contributed by atoms with Gasteiger partial charge in [0, 0.05) is 22.3 Å². The van der Waals surface area contributed by atoms with Crippen LogP contribution in [0.1, 0.15) is 18.2 Å². The van der Waals surface area contributed by atoms with Crippen LogP contribution in [0.3, 0.4) is 0 Å². The molecule has 10 heteroatoms. The summed E-state index contributed by atoms with van der Waals surface area (Å²) in [7, 11) is -4.38. The summed E-state index contributed by atoms with van der Waals surface area (Å²) in [5.41, 5.74) is 3.58. The zero-order chi connectivity index (χ0) is 23.3. The van der Waals surface area contributed by atoms with Crippen LogP contribution >= 0.6 is 0 Å². The van der Waals surface area contributed by atoms with E-state index in [0.29, 0.717) is 27.9 Å². The Kier molecular flexibility index (Phi) is 5.19. The van der Waals surface area contributed by atoms with Crippen LogP contribution < -0.4 is 4.72 Å². The van der Waals surface area contributed by atoms with Crippen molar-refractivity contribution in [2.24, 2.45) is 0 Å². The number of hydrogen-bond acceptors (Lipinski definition) is 4. The molecule has 0 bridgehead atoms. The van der Waals surface area contributed by atoms with E-state index in [-0.39, 0.29) is 4.90 Å². The van der Waals surface area contributed by atoms with E-state index in [2.05, 4.69) is 11.1 Å². The fraction of sp³-hybridized carbons (Fsp3) is 0.182. The molecule has 0 aliphatic heterocycles. The molecule has 0 amide bonds. The van der Waals surface area contributed by atoms with Crippen molar-refractivity contribution >= 4 is 26.8 Å². The van der Waals surface area contributed by atoms with Crippen molar-refractivity contribution in [1.82, 2.24) is 14.3 Å². The average molecular weight is 458 g/mol. The highest BCUT2D eigenvalue weighted by molar-refractivity contribution is 7.89. The van der Waals surface area contributed by atoms with Gasteiger partial charge in [0.25, 0.3) is 0 Å². The lowest BCUT2D eigenvalue weighted by atomic mass is 10.1. The Morgan fingerprint density at radius 3 is 2.34 bits per heavy atom. The van der Waals surface area contributed by atoms with Gasteiger partial charge in [-0.1, -0.05) is 18.2 Å². The molecular formula is C22H17F3N4O2S. The Morgan fingerprint density at radius 1 is 1.16 bits per heavy atom. The Labute approximate surface area is 182 Å². The molecule has 0 radical (unpaired) electrons. The van der Waals surface area contributed by atoms with E-state index in [0.717, 1.165) is 18.3 Å². The molecule has 1 aliphatic rings. The summed E-state index contributed by atoms with van der Waals surface area (Å²) in [6.45, 7) is 2.57. The van der Waals surface area contributed by atoms with E-state index in [1.807, 2.05) is 29.7 Å². The first-order valence-electron chi connectivity index (χ1n) is 9.53. The van der Waals surface area contributed by atoms with Crippen molar-refractivity contribution in [2.75, 3.05) is 0 Å². The SMILES string of the molecule is Cc1ccc2c(C#N)c(-c3ccc(S(=O)(=O)N[C@@H](C)C(F)(F)F)cc3)n(C3=CC=C3)c2n1. The second-order valence-electron chi connectivity index (χ2n) is 7.35. The van der Waals surface area contributed by atoms with Crippen LogP contribution in [0, 0.1) is 18.3 Å². The smallest absolute Gasteiger partial charge is 0.293 e. The maximum absolute atomic E-state index is 12.8. The van der Waals surface area contributed by atoms with Crippen molar-refractivity contribution < 1.29 is 21.6 Å². The number of nitrogens with one attached hydrogen (secondary N) is 1. The average Bonchev–Trinajstić information content (AvgIpc) is 2.99. The Balaban J connectivity index is 1.82. The first-order valence-corrected chi connectivity index (χ1v) is 11.0. The van der Waals surface area contributed by atoms with Crippen molar-refractivity contribution in [3.63, 3.8) is 0 Å². The van der Waals surface area contributed by atoms with Gasteiger partial charge in [0.15, 0.2) is 0 Å². The van der Waals surface area contributed by atoms with Crippen LogP contribution in [-0.2, 0) is 10.0 Å². The number of fused-ring (bicyclic) bond motifs is 1. The summed E-state index contributed by atoms with van der Waals surface area (Å²) < 4.78 is 66.5. The highest BCUT2D eigenvalue weighted by Gasteiger charge is 2.38. The highest BCUT2D eigenvalue weighted by Crippen LogP contribution is 2.37. The van der Waals surface area contributed by atoms with Crippen molar-refractivity contribution in [1.29, 1.82) is 5.26 Å². The van der Waals surface area contributed by atoms with E-state index in [1.54, 1.807) is 16.9 Å². The number of halogens is 3. The zero-order valence-corrected chi connectivity index (χ0v) is 17.8. The van der Waals surface area contributed by atoms with E-state index < -0.39 is 22.2 Å². The number of nitrogens with zero attached hydrogens (tertiary/aromatic N) is 3. The summed E-state index contributed by atoms with van der Waals surface area (Å²) in [5, 5.41) is 10.5. The largest absolute Gasteiger partial charge is 0.404 e. The monoisotopic (exact) mass is 458 g/mol. The quantitative estimate of drug-likeness (QED) is 0.609. The molecule has 0 fully saturated rings.